The minimum atomic E-state index is 0.309. The average Bonchev–Trinajstić information content (AvgIpc) is 3.49. The Balaban J connectivity index is 1.45. The van der Waals surface area contributed by atoms with Crippen LogP contribution in [-0.2, 0) is 0 Å². The van der Waals surface area contributed by atoms with Crippen molar-refractivity contribution >= 4 is 5.82 Å². The second-order valence-electron chi connectivity index (χ2n) is 7.22. The van der Waals surface area contributed by atoms with Crippen LogP contribution in [0.3, 0.4) is 0 Å². The van der Waals surface area contributed by atoms with Crippen LogP contribution in [0, 0.1) is 0 Å². The first-order chi connectivity index (χ1) is 13.8. The summed E-state index contributed by atoms with van der Waals surface area (Å²) in [5, 5.41) is 0. The van der Waals surface area contributed by atoms with Crippen LogP contribution in [0.2, 0.25) is 0 Å². The molecule has 7 nitrogen and oxygen atoms in total. The number of ether oxygens (including phenoxy) is 2. The molecule has 0 bridgehead atoms. The molecule has 4 heterocycles. The Kier molecular flexibility index (Phi) is 4.35. The average molecular weight is 377 g/mol. The molecule has 7 heteroatoms. The second-order valence-corrected chi connectivity index (χ2v) is 7.22. The van der Waals surface area contributed by atoms with Gasteiger partial charge in [-0.2, -0.15) is 4.98 Å². The fraction of sp³-hybridized carbons (Fsp3) is 0.381. The van der Waals surface area contributed by atoms with Crippen molar-refractivity contribution in [3.63, 3.8) is 0 Å². The molecule has 2 unspecified atom stereocenters. The largest absolute Gasteiger partial charge is 0.454 e. The number of hydrogen-bond acceptors (Lipinski definition) is 6. The van der Waals surface area contributed by atoms with E-state index in [0.29, 0.717) is 24.7 Å². The molecular weight excluding hydrogens is 354 g/mol. The van der Waals surface area contributed by atoms with E-state index in [4.69, 9.17) is 14.5 Å². The number of benzene rings is 1. The summed E-state index contributed by atoms with van der Waals surface area (Å²) in [4.78, 5) is 15.7. The fourth-order valence-corrected chi connectivity index (χ4v) is 4.37. The maximum atomic E-state index is 5.60. The lowest BCUT2D eigenvalue weighted by molar-refractivity contribution is 0.174. The lowest BCUT2D eigenvalue weighted by atomic mass is 9.87. The highest BCUT2D eigenvalue weighted by Gasteiger charge is 2.33. The van der Waals surface area contributed by atoms with Gasteiger partial charge in [0.05, 0.1) is 0 Å². The maximum Gasteiger partial charge on any atom is 0.236 e. The molecule has 0 radical (unpaired) electrons. The van der Waals surface area contributed by atoms with E-state index in [1.54, 1.807) is 12.5 Å². The molecular formula is C21H23N5O2. The first-order valence-electron chi connectivity index (χ1n) is 9.81. The summed E-state index contributed by atoms with van der Waals surface area (Å²) in [6, 6.07) is 8.75. The lowest BCUT2D eigenvalue weighted by Crippen LogP contribution is -2.35. The maximum absolute atomic E-state index is 5.60. The first-order valence-corrected chi connectivity index (χ1v) is 9.81. The summed E-state index contributed by atoms with van der Waals surface area (Å²) in [7, 11) is 0. The molecule has 5 rings (SSSR count). The Morgan fingerprint density at radius 3 is 2.96 bits per heavy atom. The number of hydrogen-bond donors (Lipinski definition) is 0. The molecule has 0 aliphatic carbocycles. The van der Waals surface area contributed by atoms with E-state index in [9.17, 15) is 0 Å². The zero-order valence-corrected chi connectivity index (χ0v) is 15.9. The highest BCUT2D eigenvalue weighted by atomic mass is 16.7. The van der Waals surface area contributed by atoms with Gasteiger partial charge in [-0.1, -0.05) is 13.0 Å². The van der Waals surface area contributed by atoms with Crippen LogP contribution in [-0.4, -0.2) is 38.9 Å². The third kappa shape index (κ3) is 2.96. The predicted molar refractivity (Wildman–Crippen MR) is 105 cm³/mol. The molecule has 2 aliphatic rings. The molecule has 144 valence electrons. The van der Waals surface area contributed by atoms with Gasteiger partial charge in [0.1, 0.15) is 12.1 Å². The lowest BCUT2D eigenvalue weighted by Gasteiger charge is -2.32. The number of fused-ring (bicyclic) bond motifs is 1. The summed E-state index contributed by atoms with van der Waals surface area (Å²) in [5.41, 5.74) is 1.30. The van der Waals surface area contributed by atoms with E-state index < -0.39 is 0 Å². The number of nitrogens with zero attached hydrogens (tertiary/aromatic N) is 5. The van der Waals surface area contributed by atoms with E-state index in [1.165, 1.54) is 5.56 Å². The summed E-state index contributed by atoms with van der Waals surface area (Å²) in [6.07, 6.45) is 10.5. The Labute approximate surface area is 164 Å². The molecule has 1 fully saturated rings. The van der Waals surface area contributed by atoms with Gasteiger partial charge in [-0.3, -0.25) is 4.57 Å². The predicted octanol–water partition coefficient (Wildman–Crippen LogP) is 3.55. The van der Waals surface area contributed by atoms with E-state index in [2.05, 4.69) is 33.9 Å². The van der Waals surface area contributed by atoms with Gasteiger partial charge < -0.3 is 14.4 Å². The molecule has 3 aromatic rings. The fourth-order valence-electron chi connectivity index (χ4n) is 4.37. The van der Waals surface area contributed by atoms with Gasteiger partial charge in [-0.15, -0.1) is 0 Å². The van der Waals surface area contributed by atoms with Crippen LogP contribution >= 0.6 is 0 Å². The number of imidazole rings is 1. The molecule has 0 amide bonds. The van der Waals surface area contributed by atoms with Crippen molar-refractivity contribution in [1.82, 2.24) is 19.5 Å². The van der Waals surface area contributed by atoms with Gasteiger partial charge in [0.15, 0.2) is 11.5 Å². The van der Waals surface area contributed by atoms with E-state index in [1.807, 2.05) is 29.1 Å². The topological polar surface area (TPSA) is 65.3 Å². The van der Waals surface area contributed by atoms with Gasteiger partial charge in [0.2, 0.25) is 12.7 Å². The minimum Gasteiger partial charge on any atom is -0.454 e. The summed E-state index contributed by atoms with van der Waals surface area (Å²) in [5.74, 6) is 3.72. The Morgan fingerprint density at radius 2 is 2.11 bits per heavy atom. The Bertz CT molecular complexity index is 959. The Hall–Kier alpha value is -3.09. The van der Waals surface area contributed by atoms with Crippen molar-refractivity contribution in [2.24, 2.45) is 0 Å². The molecule has 1 aromatic carbocycles. The molecule has 2 atom stereocenters. The summed E-state index contributed by atoms with van der Waals surface area (Å²) < 4.78 is 12.9. The monoisotopic (exact) mass is 377 g/mol. The molecule has 0 saturated carbocycles. The molecule has 1 saturated heterocycles. The molecule has 0 N–H and O–H groups in total. The normalized spacial score (nSPS) is 19.2. The quantitative estimate of drug-likeness (QED) is 0.677. The molecule has 2 aromatic heterocycles. The number of anilines is 1. The Morgan fingerprint density at radius 1 is 1.18 bits per heavy atom. The number of aromatic nitrogens is 4. The van der Waals surface area contributed by atoms with Crippen LogP contribution in [0.4, 0.5) is 5.82 Å². The standard InChI is InChI=1S/C21H23N5O2/c1-2-16(15-5-6-18-19(12-15)28-14-27-18)17-4-3-10-26(17)20-7-8-23-21(24-20)25-11-9-22-13-25/h5-9,11-13,16-17H,2-4,10,14H2,1H3. The van der Waals surface area contributed by atoms with Crippen LogP contribution < -0.4 is 14.4 Å². The highest BCUT2D eigenvalue weighted by molar-refractivity contribution is 5.48. The van der Waals surface area contributed by atoms with Crippen molar-refractivity contribution < 1.29 is 9.47 Å². The van der Waals surface area contributed by atoms with Gasteiger partial charge in [0.25, 0.3) is 0 Å². The van der Waals surface area contributed by atoms with Crippen molar-refractivity contribution in [2.75, 3.05) is 18.2 Å². The van der Waals surface area contributed by atoms with E-state index in [0.717, 1.165) is 43.1 Å². The van der Waals surface area contributed by atoms with Crippen LogP contribution in [0.1, 0.15) is 37.7 Å². The first kappa shape index (κ1) is 17.0. The van der Waals surface area contributed by atoms with Gasteiger partial charge in [-0.05, 0) is 43.0 Å². The van der Waals surface area contributed by atoms with Crippen molar-refractivity contribution in [1.29, 1.82) is 0 Å². The van der Waals surface area contributed by atoms with Crippen LogP contribution in [0.25, 0.3) is 5.95 Å². The minimum absolute atomic E-state index is 0.309. The van der Waals surface area contributed by atoms with Crippen LogP contribution in [0.15, 0.2) is 49.2 Å². The van der Waals surface area contributed by atoms with Gasteiger partial charge in [-0.25, -0.2) is 9.97 Å². The summed E-state index contributed by atoms with van der Waals surface area (Å²) >= 11 is 0. The SMILES string of the molecule is CCC(c1ccc2c(c1)OCO2)C1CCCN1c1ccnc(-n2ccnc2)n1. The third-order valence-corrected chi connectivity index (χ3v) is 5.69. The van der Waals surface area contributed by atoms with Gasteiger partial charge in [0, 0.05) is 37.1 Å². The smallest absolute Gasteiger partial charge is 0.236 e. The number of rotatable bonds is 5. The second kappa shape index (κ2) is 7.14. The van der Waals surface area contributed by atoms with Gasteiger partial charge >= 0.3 is 0 Å². The molecule has 0 spiro atoms. The van der Waals surface area contributed by atoms with E-state index in [-0.39, 0.29) is 0 Å². The third-order valence-electron chi connectivity index (χ3n) is 5.69. The molecule has 2 aliphatic heterocycles. The van der Waals surface area contributed by atoms with Crippen molar-refractivity contribution in [3.8, 4) is 17.4 Å². The van der Waals surface area contributed by atoms with Crippen molar-refractivity contribution in [3.05, 3.63) is 54.7 Å². The zero-order valence-electron chi connectivity index (χ0n) is 15.9. The zero-order chi connectivity index (χ0) is 18.9. The van der Waals surface area contributed by atoms with Crippen LogP contribution in [0.5, 0.6) is 11.5 Å². The van der Waals surface area contributed by atoms with Crippen molar-refractivity contribution in [2.45, 2.75) is 38.1 Å². The highest BCUT2D eigenvalue weighted by Crippen LogP contribution is 2.40. The molecule has 28 heavy (non-hydrogen) atoms. The van der Waals surface area contributed by atoms with E-state index >= 15 is 0 Å². The summed E-state index contributed by atoms with van der Waals surface area (Å²) in [6.45, 7) is 3.57.